The molecule has 11 heavy (non-hydrogen) atoms. The van der Waals surface area contributed by atoms with Crippen LogP contribution in [-0.4, -0.2) is 11.6 Å². The van der Waals surface area contributed by atoms with Crippen molar-refractivity contribution >= 4 is 34.8 Å². The van der Waals surface area contributed by atoms with Crippen LogP contribution >= 0.6 is 23.2 Å². The smallest absolute Gasteiger partial charge is 0.245 e. The van der Waals surface area contributed by atoms with Crippen LogP contribution in [0.15, 0.2) is 22.2 Å². The SMILES string of the molecule is N.O=C1C=CC(Cl)=C(Cl)C1=O. The predicted molar refractivity (Wildman–Crippen MR) is 42.9 cm³/mol. The van der Waals surface area contributed by atoms with Crippen molar-refractivity contribution in [1.29, 1.82) is 0 Å². The monoisotopic (exact) mass is 193 g/mol. The number of carbonyl (C=O) groups excluding carboxylic acids is 2. The fourth-order valence-electron chi connectivity index (χ4n) is 0.514. The van der Waals surface area contributed by atoms with E-state index in [1.165, 1.54) is 6.08 Å². The molecule has 0 bridgehead atoms. The molecule has 0 saturated heterocycles. The Morgan fingerprint density at radius 2 is 1.64 bits per heavy atom. The van der Waals surface area contributed by atoms with Gasteiger partial charge < -0.3 is 6.15 Å². The van der Waals surface area contributed by atoms with Crippen LogP contribution in [0.25, 0.3) is 0 Å². The minimum atomic E-state index is -0.742. The second-order valence-electron chi connectivity index (χ2n) is 1.69. The third-order valence-electron chi connectivity index (χ3n) is 1.01. The Hall–Kier alpha value is -0.640. The Morgan fingerprint density at radius 1 is 1.09 bits per heavy atom. The lowest BCUT2D eigenvalue weighted by atomic mass is 10.1. The summed E-state index contributed by atoms with van der Waals surface area (Å²) >= 11 is 10.8. The molecule has 0 amide bonds. The van der Waals surface area contributed by atoms with Gasteiger partial charge in [-0.1, -0.05) is 23.2 Å². The zero-order valence-corrected chi connectivity index (χ0v) is 6.95. The second kappa shape index (κ2) is 3.67. The maximum atomic E-state index is 10.7. The van der Waals surface area contributed by atoms with Crippen molar-refractivity contribution in [3.8, 4) is 0 Å². The third kappa shape index (κ3) is 1.89. The van der Waals surface area contributed by atoms with E-state index >= 15 is 0 Å². The highest BCUT2D eigenvalue weighted by Gasteiger charge is 2.20. The highest BCUT2D eigenvalue weighted by molar-refractivity contribution is 6.63. The molecule has 5 heteroatoms. The van der Waals surface area contributed by atoms with Crippen molar-refractivity contribution in [3.63, 3.8) is 0 Å². The molecule has 60 valence electrons. The number of rotatable bonds is 0. The van der Waals surface area contributed by atoms with Crippen molar-refractivity contribution < 1.29 is 9.59 Å². The molecule has 0 aromatic heterocycles. The summed E-state index contributed by atoms with van der Waals surface area (Å²) in [7, 11) is 0. The van der Waals surface area contributed by atoms with Crippen LogP contribution in [0.4, 0.5) is 0 Å². The van der Waals surface area contributed by atoms with Crippen LogP contribution < -0.4 is 6.15 Å². The standard InChI is InChI=1S/C6H2Cl2O2.H3N/c7-3-1-2-4(9)6(10)5(3)8;/h1-2H;1H3. The maximum absolute atomic E-state index is 10.7. The lowest BCUT2D eigenvalue weighted by molar-refractivity contribution is -0.131. The van der Waals surface area contributed by atoms with Gasteiger partial charge in [-0.2, -0.15) is 0 Å². The molecule has 1 aliphatic carbocycles. The summed E-state index contributed by atoms with van der Waals surface area (Å²) in [6, 6.07) is 0. The highest BCUT2D eigenvalue weighted by Crippen LogP contribution is 2.20. The van der Waals surface area contributed by atoms with Gasteiger partial charge >= 0.3 is 0 Å². The highest BCUT2D eigenvalue weighted by atomic mass is 35.5. The van der Waals surface area contributed by atoms with Crippen LogP contribution in [0.1, 0.15) is 0 Å². The molecule has 0 fully saturated rings. The summed E-state index contributed by atoms with van der Waals surface area (Å²) in [5, 5.41) is -0.0829. The molecule has 0 saturated carbocycles. The molecule has 0 heterocycles. The summed E-state index contributed by atoms with van der Waals surface area (Å²) in [5.74, 6) is -1.37. The summed E-state index contributed by atoms with van der Waals surface area (Å²) in [6.45, 7) is 0. The van der Waals surface area contributed by atoms with E-state index in [0.29, 0.717) is 0 Å². The van der Waals surface area contributed by atoms with E-state index < -0.39 is 11.6 Å². The lowest BCUT2D eigenvalue weighted by Gasteiger charge is -2.00. The molecule has 1 aliphatic rings. The number of allylic oxidation sites excluding steroid dienone is 4. The Bertz CT molecular complexity index is 268. The molecule has 0 aromatic carbocycles. The van der Waals surface area contributed by atoms with Gasteiger partial charge in [0.05, 0.1) is 5.03 Å². The third-order valence-corrected chi connectivity index (χ3v) is 1.80. The first-order valence-corrected chi connectivity index (χ1v) is 3.20. The largest absolute Gasteiger partial charge is 0.344 e. The minimum Gasteiger partial charge on any atom is -0.344 e. The average molecular weight is 194 g/mol. The van der Waals surface area contributed by atoms with Crippen molar-refractivity contribution in [3.05, 3.63) is 22.2 Å². The Morgan fingerprint density at radius 3 is 2.09 bits per heavy atom. The Kier molecular flexibility index (Phi) is 3.45. The van der Waals surface area contributed by atoms with Gasteiger partial charge in [0.2, 0.25) is 11.6 Å². The van der Waals surface area contributed by atoms with Gasteiger partial charge in [-0.25, -0.2) is 0 Å². The maximum Gasteiger partial charge on any atom is 0.245 e. The topological polar surface area (TPSA) is 69.1 Å². The molecule has 0 radical (unpaired) electrons. The molecule has 0 aromatic rings. The first kappa shape index (κ1) is 10.4. The van der Waals surface area contributed by atoms with Crippen molar-refractivity contribution in [1.82, 2.24) is 6.15 Å². The van der Waals surface area contributed by atoms with Gasteiger partial charge in [-0.15, -0.1) is 0 Å². The fraction of sp³-hybridized carbons (Fsp3) is 0. The van der Waals surface area contributed by atoms with Gasteiger partial charge in [-0.3, -0.25) is 9.59 Å². The molecule has 1 rings (SSSR count). The molecule has 0 unspecified atom stereocenters. The van der Waals surface area contributed by atoms with Crippen molar-refractivity contribution in [2.75, 3.05) is 0 Å². The Balaban J connectivity index is 0.000001000. The van der Waals surface area contributed by atoms with Gasteiger partial charge in [0.25, 0.3) is 0 Å². The molecular formula is C6H5Cl2NO2. The van der Waals surface area contributed by atoms with E-state index in [1.54, 1.807) is 0 Å². The van der Waals surface area contributed by atoms with Crippen molar-refractivity contribution in [2.24, 2.45) is 0 Å². The molecular weight excluding hydrogens is 189 g/mol. The van der Waals surface area contributed by atoms with Gasteiger partial charge in [-0.05, 0) is 12.2 Å². The molecule has 3 N–H and O–H groups in total. The van der Waals surface area contributed by atoms with Gasteiger partial charge in [0.1, 0.15) is 5.03 Å². The van der Waals surface area contributed by atoms with E-state index in [-0.39, 0.29) is 16.2 Å². The molecule has 0 aliphatic heterocycles. The van der Waals surface area contributed by atoms with E-state index in [2.05, 4.69) is 0 Å². The van der Waals surface area contributed by atoms with Crippen LogP contribution in [0.3, 0.4) is 0 Å². The quantitative estimate of drug-likeness (QED) is 0.469. The fourth-order valence-corrected chi connectivity index (χ4v) is 0.819. The van der Waals surface area contributed by atoms with Gasteiger partial charge in [0, 0.05) is 0 Å². The van der Waals surface area contributed by atoms with Crippen LogP contribution in [0, 0.1) is 0 Å². The molecule has 0 atom stereocenters. The van der Waals surface area contributed by atoms with Gasteiger partial charge in [0.15, 0.2) is 0 Å². The van der Waals surface area contributed by atoms with Crippen LogP contribution in [-0.2, 0) is 9.59 Å². The van der Waals surface area contributed by atoms with E-state index in [4.69, 9.17) is 23.2 Å². The summed E-state index contributed by atoms with van der Waals surface area (Å²) < 4.78 is 0. The Labute approximate surface area is 73.2 Å². The normalized spacial score (nSPS) is 16.9. The second-order valence-corrected chi connectivity index (χ2v) is 2.47. The molecule has 3 nitrogen and oxygen atoms in total. The minimum absolute atomic E-state index is 0. The zero-order chi connectivity index (χ0) is 7.72. The predicted octanol–water partition coefficient (Wildman–Crippen LogP) is 1.55. The number of ketones is 2. The van der Waals surface area contributed by atoms with Crippen molar-refractivity contribution in [2.45, 2.75) is 0 Å². The molecule has 0 spiro atoms. The number of hydrogen-bond donors (Lipinski definition) is 1. The summed E-state index contributed by atoms with van der Waals surface area (Å²) in [4.78, 5) is 21.2. The van der Waals surface area contributed by atoms with E-state index in [1.807, 2.05) is 0 Å². The number of Topliss-reactive ketones (excluding diaryl/α,β-unsaturated/α-hetero) is 1. The number of hydrogen-bond acceptors (Lipinski definition) is 3. The average Bonchev–Trinajstić information content (AvgIpc) is 1.93. The first-order valence-electron chi connectivity index (χ1n) is 2.45. The van der Waals surface area contributed by atoms with E-state index in [0.717, 1.165) is 6.08 Å². The zero-order valence-electron chi connectivity index (χ0n) is 5.43. The van der Waals surface area contributed by atoms with Crippen LogP contribution in [0.5, 0.6) is 0 Å². The van der Waals surface area contributed by atoms with Crippen LogP contribution in [0.2, 0.25) is 0 Å². The summed E-state index contributed by atoms with van der Waals surface area (Å²) in [6.07, 6.45) is 2.39. The summed E-state index contributed by atoms with van der Waals surface area (Å²) in [5.41, 5.74) is 0. The first-order chi connectivity index (χ1) is 4.63. The number of halogens is 2. The lowest BCUT2D eigenvalue weighted by Crippen LogP contribution is -2.14. The van der Waals surface area contributed by atoms with E-state index in [9.17, 15) is 9.59 Å². The number of carbonyl (C=O) groups is 2.